The standard InChI is InChI=1S/C22H27NO7/c1-6-30-22(26)17-11(2)9-14-18(19(17)25)13(10-16(24)23-14)12-7-8-15(27-3)21(29-5)20(12)28-4/h7-8,11,13,17H,6,9-10H2,1-5H3,(H,23,24). The molecule has 8 nitrogen and oxygen atoms in total. The third-order valence-corrected chi connectivity index (χ3v) is 5.65. The lowest BCUT2D eigenvalue weighted by Crippen LogP contribution is -2.44. The molecule has 1 aromatic rings. The average Bonchev–Trinajstić information content (AvgIpc) is 2.71. The number of rotatable bonds is 6. The number of Topliss-reactive ketones (excluding diaryl/α,β-unsaturated/α-hetero) is 1. The minimum atomic E-state index is -0.896. The summed E-state index contributed by atoms with van der Waals surface area (Å²) in [5.74, 6) is -1.53. The molecule has 3 rings (SSSR count). The van der Waals surface area contributed by atoms with Crippen molar-refractivity contribution >= 4 is 17.7 Å². The molecule has 1 aromatic carbocycles. The van der Waals surface area contributed by atoms with Crippen LogP contribution >= 0.6 is 0 Å². The third kappa shape index (κ3) is 3.62. The van der Waals surface area contributed by atoms with Crippen molar-refractivity contribution in [2.24, 2.45) is 11.8 Å². The lowest BCUT2D eigenvalue weighted by Gasteiger charge is -2.37. The monoisotopic (exact) mass is 417 g/mol. The quantitative estimate of drug-likeness (QED) is 0.560. The van der Waals surface area contributed by atoms with Crippen LogP contribution in [0.3, 0.4) is 0 Å². The van der Waals surface area contributed by atoms with Gasteiger partial charge in [0.2, 0.25) is 11.7 Å². The maximum absolute atomic E-state index is 13.4. The van der Waals surface area contributed by atoms with Crippen LogP contribution in [0.4, 0.5) is 0 Å². The normalized spacial score (nSPS) is 23.4. The van der Waals surface area contributed by atoms with Crippen LogP contribution in [-0.4, -0.2) is 45.6 Å². The number of nitrogens with one attached hydrogen (secondary N) is 1. The molecule has 1 heterocycles. The first-order chi connectivity index (χ1) is 14.4. The minimum absolute atomic E-state index is 0.0559. The van der Waals surface area contributed by atoms with Gasteiger partial charge in [-0.05, 0) is 25.3 Å². The predicted molar refractivity (Wildman–Crippen MR) is 108 cm³/mol. The van der Waals surface area contributed by atoms with Gasteiger partial charge in [0.1, 0.15) is 5.92 Å². The molecule has 8 heteroatoms. The first-order valence-electron chi connectivity index (χ1n) is 9.90. The molecule has 3 unspecified atom stereocenters. The Labute approximate surface area is 175 Å². The van der Waals surface area contributed by atoms with Gasteiger partial charge in [0.05, 0.1) is 27.9 Å². The Morgan fingerprint density at radius 1 is 1.07 bits per heavy atom. The van der Waals surface area contributed by atoms with Crippen LogP contribution in [0.15, 0.2) is 23.4 Å². The fourth-order valence-corrected chi connectivity index (χ4v) is 4.37. The molecule has 0 radical (unpaired) electrons. The number of carbonyl (C=O) groups is 3. The Bertz CT molecular complexity index is 905. The summed E-state index contributed by atoms with van der Waals surface area (Å²) in [7, 11) is 4.50. The lowest BCUT2D eigenvalue weighted by molar-refractivity contribution is -0.153. The van der Waals surface area contributed by atoms with Crippen molar-refractivity contribution in [3.05, 3.63) is 29.0 Å². The maximum atomic E-state index is 13.4. The second-order valence-electron chi connectivity index (χ2n) is 7.40. The fourth-order valence-electron chi connectivity index (χ4n) is 4.37. The summed E-state index contributed by atoms with van der Waals surface area (Å²) in [5, 5.41) is 2.83. The molecule has 1 aliphatic carbocycles. The zero-order valence-corrected chi connectivity index (χ0v) is 17.9. The highest BCUT2D eigenvalue weighted by molar-refractivity contribution is 6.11. The molecule has 0 spiro atoms. The molecule has 1 N–H and O–H groups in total. The minimum Gasteiger partial charge on any atom is -0.493 e. The van der Waals surface area contributed by atoms with E-state index in [1.54, 1.807) is 19.1 Å². The van der Waals surface area contributed by atoms with Gasteiger partial charge in [-0.15, -0.1) is 0 Å². The van der Waals surface area contributed by atoms with Crippen molar-refractivity contribution < 1.29 is 33.3 Å². The van der Waals surface area contributed by atoms with Crippen LogP contribution in [0.25, 0.3) is 0 Å². The van der Waals surface area contributed by atoms with Gasteiger partial charge in [-0.2, -0.15) is 0 Å². The first kappa shape index (κ1) is 21.7. The van der Waals surface area contributed by atoms with E-state index in [9.17, 15) is 14.4 Å². The SMILES string of the molecule is CCOC(=O)C1C(=O)C2=C(CC1C)NC(=O)CC2c1ccc(OC)c(OC)c1OC. The predicted octanol–water partition coefficient (Wildman–Crippen LogP) is 2.36. The van der Waals surface area contributed by atoms with Gasteiger partial charge in [0, 0.05) is 29.2 Å². The van der Waals surface area contributed by atoms with E-state index in [1.807, 2.05) is 6.92 Å². The zero-order chi connectivity index (χ0) is 22.0. The molecule has 0 aromatic heterocycles. The first-order valence-corrected chi connectivity index (χ1v) is 9.90. The molecule has 3 atom stereocenters. The van der Waals surface area contributed by atoms with Crippen LogP contribution in [-0.2, 0) is 19.1 Å². The van der Waals surface area contributed by atoms with Crippen LogP contribution < -0.4 is 19.5 Å². The molecular weight excluding hydrogens is 390 g/mol. The summed E-state index contributed by atoms with van der Waals surface area (Å²) in [6.07, 6.45) is 0.461. The van der Waals surface area contributed by atoms with Crippen molar-refractivity contribution in [3.8, 4) is 17.2 Å². The fraction of sp³-hybridized carbons (Fsp3) is 0.500. The number of carbonyl (C=O) groups excluding carboxylic acids is 3. The summed E-state index contributed by atoms with van der Waals surface area (Å²) in [6, 6.07) is 3.47. The molecule has 2 aliphatic rings. The van der Waals surface area contributed by atoms with Gasteiger partial charge in [0.25, 0.3) is 0 Å². The Hall–Kier alpha value is -3.03. The van der Waals surface area contributed by atoms with E-state index in [2.05, 4.69) is 5.32 Å². The molecule has 162 valence electrons. The van der Waals surface area contributed by atoms with Gasteiger partial charge in [0.15, 0.2) is 17.3 Å². The molecule has 0 saturated carbocycles. The average molecular weight is 417 g/mol. The highest BCUT2D eigenvalue weighted by atomic mass is 16.5. The number of hydrogen-bond acceptors (Lipinski definition) is 7. The van der Waals surface area contributed by atoms with Crippen molar-refractivity contribution in [2.45, 2.75) is 32.6 Å². The summed E-state index contributed by atoms with van der Waals surface area (Å²) in [6.45, 7) is 3.72. The molecule has 0 bridgehead atoms. The van der Waals surface area contributed by atoms with Gasteiger partial charge in [-0.1, -0.05) is 13.0 Å². The Kier molecular flexibility index (Phi) is 6.34. The highest BCUT2D eigenvalue weighted by Crippen LogP contribution is 2.49. The summed E-state index contributed by atoms with van der Waals surface area (Å²) in [5.41, 5.74) is 1.62. The molecule has 1 aliphatic heterocycles. The highest BCUT2D eigenvalue weighted by Gasteiger charge is 2.46. The van der Waals surface area contributed by atoms with E-state index in [-0.39, 0.29) is 30.6 Å². The van der Waals surface area contributed by atoms with Crippen LogP contribution in [0, 0.1) is 11.8 Å². The van der Waals surface area contributed by atoms with Crippen molar-refractivity contribution in [1.82, 2.24) is 5.32 Å². The summed E-state index contributed by atoms with van der Waals surface area (Å²) >= 11 is 0. The van der Waals surface area contributed by atoms with E-state index in [0.717, 1.165) is 0 Å². The van der Waals surface area contributed by atoms with Gasteiger partial charge >= 0.3 is 5.97 Å². The number of esters is 1. The largest absolute Gasteiger partial charge is 0.493 e. The van der Waals surface area contributed by atoms with Crippen LogP contribution in [0.1, 0.15) is 38.2 Å². The molecular formula is C22H27NO7. The maximum Gasteiger partial charge on any atom is 0.317 e. The number of ether oxygens (including phenoxy) is 4. The summed E-state index contributed by atoms with van der Waals surface area (Å²) in [4.78, 5) is 38.4. The van der Waals surface area contributed by atoms with Crippen LogP contribution in [0.2, 0.25) is 0 Å². The van der Waals surface area contributed by atoms with E-state index >= 15 is 0 Å². The third-order valence-electron chi connectivity index (χ3n) is 5.65. The van der Waals surface area contributed by atoms with E-state index < -0.39 is 17.8 Å². The van der Waals surface area contributed by atoms with Crippen molar-refractivity contribution in [3.63, 3.8) is 0 Å². The number of allylic oxidation sites excluding steroid dienone is 2. The van der Waals surface area contributed by atoms with Crippen LogP contribution in [0.5, 0.6) is 17.2 Å². The second kappa shape index (κ2) is 8.77. The Morgan fingerprint density at radius 3 is 2.37 bits per heavy atom. The van der Waals surface area contributed by atoms with E-state index in [0.29, 0.717) is 40.5 Å². The van der Waals surface area contributed by atoms with E-state index in [4.69, 9.17) is 18.9 Å². The van der Waals surface area contributed by atoms with Gasteiger partial charge in [-0.25, -0.2) is 0 Å². The smallest absolute Gasteiger partial charge is 0.317 e. The molecule has 0 fully saturated rings. The number of amides is 1. The van der Waals surface area contributed by atoms with Crippen molar-refractivity contribution in [2.75, 3.05) is 27.9 Å². The number of benzene rings is 1. The molecule has 0 saturated heterocycles. The number of ketones is 1. The van der Waals surface area contributed by atoms with Crippen molar-refractivity contribution in [1.29, 1.82) is 0 Å². The molecule has 1 amide bonds. The number of hydrogen-bond donors (Lipinski definition) is 1. The van der Waals surface area contributed by atoms with Gasteiger partial charge < -0.3 is 24.3 Å². The number of methoxy groups -OCH3 is 3. The molecule has 30 heavy (non-hydrogen) atoms. The Balaban J connectivity index is 2.14. The lowest BCUT2D eigenvalue weighted by atomic mass is 9.70. The second-order valence-corrected chi connectivity index (χ2v) is 7.40. The topological polar surface area (TPSA) is 100 Å². The Morgan fingerprint density at radius 2 is 1.77 bits per heavy atom. The van der Waals surface area contributed by atoms with Gasteiger partial charge in [-0.3, -0.25) is 14.4 Å². The summed E-state index contributed by atoms with van der Waals surface area (Å²) < 4.78 is 21.5. The zero-order valence-electron chi connectivity index (χ0n) is 17.9. The van der Waals surface area contributed by atoms with E-state index in [1.165, 1.54) is 21.3 Å².